The van der Waals surface area contributed by atoms with Crippen molar-refractivity contribution in [1.29, 1.82) is 0 Å². The van der Waals surface area contributed by atoms with Gasteiger partial charge in [0.15, 0.2) is 0 Å². The third kappa shape index (κ3) is 3.81. The lowest BCUT2D eigenvalue weighted by Gasteiger charge is -2.13. The first-order chi connectivity index (χ1) is 4.95. The lowest BCUT2D eigenvalue weighted by atomic mass is 10.1. The van der Waals surface area contributed by atoms with Crippen molar-refractivity contribution >= 4 is 5.91 Å². The summed E-state index contributed by atoms with van der Waals surface area (Å²) in [6.45, 7) is 9.68. The average molecular weight is 155 g/mol. The van der Waals surface area contributed by atoms with Gasteiger partial charge < -0.3 is 5.32 Å². The van der Waals surface area contributed by atoms with E-state index >= 15 is 0 Å². The Bertz CT molecular complexity index is 176. The van der Waals surface area contributed by atoms with E-state index in [1.807, 2.05) is 13.8 Å². The minimum absolute atomic E-state index is 0.00917. The van der Waals surface area contributed by atoms with Crippen LogP contribution in [-0.4, -0.2) is 5.91 Å². The maximum absolute atomic E-state index is 10.7. The molecule has 0 bridgehead atoms. The van der Waals surface area contributed by atoms with Crippen molar-refractivity contribution < 1.29 is 4.79 Å². The van der Waals surface area contributed by atoms with Crippen LogP contribution >= 0.6 is 0 Å². The van der Waals surface area contributed by atoms with Crippen molar-refractivity contribution in [3.63, 3.8) is 0 Å². The molecule has 2 heteroatoms. The van der Waals surface area contributed by atoms with Gasteiger partial charge in [-0.05, 0) is 19.8 Å². The molecule has 0 aromatic carbocycles. The van der Waals surface area contributed by atoms with Crippen molar-refractivity contribution in [3.05, 3.63) is 11.3 Å². The summed E-state index contributed by atoms with van der Waals surface area (Å²) in [5, 5.41) is 2.82. The zero-order chi connectivity index (χ0) is 9.02. The molecule has 0 spiro atoms. The number of carbonyl (C=O) groups is 1. The van der Waals surface area contributed by atoms with Gasteiger partial charge in [0.25, 0.3) is 0 Å². The Morgan fingerprint density at radius 2 is 1.64 bits per heavy atom. The summed E-state index contributed by atoms with van der Waals surface area (Å²) in [5.74, 6) is 0.402. The number of nitrogens with one attached hydrogen (secondary N) is 1. The zero-order valence-electron chi connectivity index (χ0n) is 7.99. The summed E-state index contributed by atoms with van der Waals surface area (Å²) >= 11 is 0. The van der Waals surface area contributed by atoms with Crippen LogP contribution in [0.15, 0.2) is 11.3 Å². The van der Waals surface area contributed by atoms with Gasteiger partial charge in [-0.25, -0.2) is 0 Å². The third-order valence-electron chi connectivity index (χ3n) is 1.43. The molecule has 2 nitrogen and oxygen atoms in total. The van der Waals surface area contributed by atoms with E-state index in [1.54, 1.807) is 0 Å². The molecule has 0 aromatic heterocycles. The van der Waals surface area contributed by atoms with E-state index < -0.39 is 0 Å². The minimum Gasteiger partial charge on any atom is -0.330 e. The summed E-state index contributed by atoms with van der Waals surface area (Å²) in [4.78, 5) is 10.7. The molecule has 0 rings (SSSR count). The van der Waals surface area contributed by atoms with Crippen LogP contribution in [0.2, 0.25) is 0 Å². The van der Waals surface area contributed by atoms with Crippen LogP contribution in [0.25, 0.3) is 0 Å². The molecule has 1 amide bonds. The highest BCUT2D eigenvalue weighted by Crippen LogP contribution is 2.10. The van der Waals surface area contributed by atoms with E-state index in [4.69, 9.17) is 0 Å². The van der Waals surface area contributed by atoms with E-state index in [-0.39, 0.29) is 5.91 Å². The smallest absolute Gasteiger partial charge is 0.221 e. The van der Waals surface area contributed by atoms with Crippen LogP contribution in [-0.2, 0) is 4.79 Å². The van der Waals surface area contributed by atoms with Crippen LogP contribution in [0, 0.1) is 5.92 Å². The largest absolute Gasteiger partial charge is 0.330 e. The Morgan fingerprint density at radius 1 is 1.18 bits per heavy atom. The Hall–Kier alpha value is -0.790. The van der Waals surface area contributed by atoms with Gasteiger partial charge in [0, 0.05) is 12.6 Å². The molecule has 0 aliphatic heterocycles. The average Bonchev–Trinajstić information content (AvgIpc) is 1.81. The molecule has 0 aliphatic carbocycles. The molecule has 0 fully saturated rings. The second kappa shape index (κ2) is 4.16. The van der Waals surface area contributed by atoms with Gasteiger partial charge in [-0.1, -0.05) is 19.4 Å². The normalized spacial score (nSPS) is 9.64. The molecule has 0 aliphatic rings. The number of rotatable bonds is 2. The van der Waals surface area contributed by atoms with Gasteiger partial charge in [-0.2, -0.15) is 0 Å². The van der Waals surface area contributed by atoms with Crippen LogP contribution in [0.4, 0.5) is 0 Å². The molecular formula is C9H17NO. The Kier molecular flexibility index (Phi) is 3.86. The lowest BCUT2D eigenvalue weighted by Crippen LogP contribution is -2.23. The molecule has 0 unspecified atom stereocenters. The van der Waals surface area contributed by atoms with E-state index in [1.165, 1.54) is 12.5 Å². The van der Waals surface area contributed by atoms with Crippen molar-refractivity contribution in [2.75, 3.05) is 0 Å². The second-order valence-electron chi connectivity index (χ2n) is 3.25. The Labute approximate surface area is 68.7 Å². The number of hydrogen-bond donors (Lipinski definition) is 1. The summed E-state index contributed by atoms with van der Waals surface area (Å²) in [5.41, 5.74) is 2.22. The van der Waals surface area contributed by atoms with Crippen LogP contribution in [0.3, 0.4) is 0 Å². The van der Waals surface area contributed by atoms with E-state index in [2.05, 4.69) is 19.2 Å². The monoisotopic (exact) mass is 155 g/mol. The third-order valence-corrected chi connectivity index (χ3v) is 1.43. The van der Waals surface area contributed by atoms with E-state index in [9.17, 15) is 4.79 Å². The SMILES string of the molecule is CC(=O)NC(=C(C)C)C(C)C. The van der Waals surface area contributed by atoms with Crippen molar-refractivity contribution in [1.82, 2.24) is 5.32 Å². The van der Waals surface area contributed by atoms with Gasteiger partial charge in [-0.15, -0.1) is 0 Å². The second-order valence-corrected chi connectivity index (χ2v) is 3.25. The molecular weight excluding hydrogens is 138 g/mol. The van der Waals surface area contributed by atoms with Crippen LogP contribution in [0.5, 0.6) is 0 Å². The molecule has 0 heterocycles. The molecule has 0 aromatic rings. The highest BCUT2D eigenvalue weighted by Gasteiger charge is 2.05. The molecule has 1 N–H and O–H groups in total. The lowest BCUT2D eigenvalue weighted by molar-refractivity contribution is -0.118. The number of amides is 1. The van der Waals surface area contributed by atoms with Gasteiger partial charge in [0.2, 0.25) is 5.91 Å². The minimum atomic E-state index is 0.00917. The fourth-order valence-corrected chi connectivity index (χ4v) is 1.04. The first-order valence-electron chi connectivity index (χ1n) is 3.90. The first kappa shape index (κ1) is 10.2. The molecule has 64 valence electrons. The van der Waals surface area contributed by atoms with E-state index in [0.717, 1.165) is 5.70 Å². The van der Waals surface area contributed by atoms with Gasteiger partial charge in [0.05, 0.1) is 0 Å². The summed E-state index contributed by atoms with van der Waals surface area (Å²) in [6.07, 6.45) is 0. The van der Waals surface area contributed by atoms with Gasteiger partial charge in [-0.3, -0.25) is 4.79 Å². The molecule has 0 saturated carbocycles. The van der Waals surface area contributed by atoms with Crippen molar-refractivity contribution in [2.24, 2.45) is 5.92 Å². The highest BCUT2D eigenvalue weighted by atomic mass is 16.1. The number of hydrogen-bond acceptors (Lipinski definition) is 1. The summed E-state index contributed by atoms with van der Waals surface area (Å²) in [7, 11) is 0. The highest BCUT2D eigenvalue weighted by molar-refractivity contribution is 5.75. The quantitative estimate of drug-likeness (QED) is 0.650. The Morgan fingerprint density at radius 3 is 1.73 bits per heavy atom. The first-order valence-corrected chi connectivity index (χ1v) is 3.90. The molecule has 0 atom stereocenters. The van der Waals surface area contributed by atoms with Crippen LogP contribution < -0.4 is 5.32 Å². The number of carbonyl (C=O) groups excluding carboxylic acids is 1. The predicted octanol–water partition coefficient (Wildman–Crippen LogP) is 2.07. The van der Waals surface area contributed by atoms with Gasteiger partial charge >= 0.3 is 0 Å². The van der Waals surface area contributed by atoms with Crippen molar-refractivity contribution in [3.8, 4) is 0 Å². The summed E-state index contributed by atoms with van der Waals surface area (Å²) < 4.78 is 0. The number of allylic oxidation sites excluding steroid dienone is 2. The summed E-state index contributed by atoms with van der Waals surface area (Å²) in [6, 6.07) is 0. The van der Waals surface area contributed by atoms with Crippen LogP contribution in [0.1, 0.15) is 34.6 Å². The molecule has 0 radical (unpaired) electrons. The molecule has 0 saturated heterocycles. The topological polar surface area (TPSA) is 29.1 Å². The standard InChI is InChI=1S/C9H17NO/c1-6(2)9(7(3)4)10-8(5)11/h6H,1-5H3,(H,10,11). The maximum Gasteiger partial charge on any atom is 0.221 e. The van der Waals surface area contributed by atoms with E-state index in [0.29, 0.717) is 5.92 Å². The zero-order valence-corrected chi connectivity index (χ0v) is 7.99. The predicted molar refractivity (Wildman–Crippen MR) is 47.0 cm³/mol. The maximum atomic E-state index is 10.7. The van der Waals surface area contributed by atoms with Crippen molar-refractivity contribution in [2.45, 2.75) is 34.6 Å². The fraction of sp³-hybridized carbons (Fsp3) is 0.667. The Balaban J connectivity index is 4.38. The van der Waals surface area contributed by atoms with Gasteiger partial charge in [0.1, 0.15) is 0 Å². The fourth-order valence-electron chi connectivity index (χ4n) is 1.04. The molecule has 11 heavy (non-hydrogen) atoms.